The first-order chi connectivity index (χ1) is 14.6. The largest absolute Gasteiger partial charge is 0.493 e. The number of carboxylic acids is 1. The van der Waals surface area contributed by atoms with Gasteiger partial charge in [-0.15, -0.1) is 0 Å². The van der Waals surface area contributed by atoms with Gasteiger partial charge >= 0.3 is 5.97 Å². The lowest BCUT2D eigenvalue weighted by Gasteiger charge is -2.29. The van der Waals surface area contributed by atoms with Gasteiger partial charge < -0.3 is 19.5 Å². The van der Waals surface area contributed by atoms with E-state index in [1.165, 1.54) is 12.7 Å². The van der Waals surface area contributed by atoms with Crippen LogP contribution in [0.1, 0.15) is 35.2 Å². The van der Waals surface area contributed by atoms with Crippen LogP contribution in [0.25, 0.3) is 0 Å². The number of carboxylic acid groups (broad SMARTS) is 1. The fraction of sp³-hybridized carbons (Fsp3) is 0.261. The summed E-state index contributed by atoms with van der Waals surface area (Å²) in [4.78, 5) is 21.5. The van der Waals surface area contributed by atoms with Gasteiger partial charge in [0.2, 0.25) is 0 Å². The number of aromatic carboxylic acids is 1. The Bertz CT molecular complexity index is 1000. The van der Waals surface area contributed by atoms with E-state index in [1.807, 2.05) is 18.2 Å². The van der Waals surface area contributed by atoms with Crippen LogP contribution in [0.5, 0.6) is 11.5 Å². The van der Waals surface area contributed by atoms with E-state index in [4.69, 9.17) is 9.47 Å². The summed E-state index contributed by atoms with van der Waals surface area (Å²) in [5, 5.41) is 9.21. The molecule has 1 aromatic heterocycles. The van der Waals surface area contributed by atoms with Crippen LogP contribution in [0.4, 0.5) is 11.4 Å². The minimum absolute atomic E-state index is 0.222. The molecule has 1 aliphatic carbocycles. The third kappa shape index (κ3) is 4.35. The molecule has 1 heterocycles. The van der Waals surface area contributed by atoms with Crippen LogP contribution in [0.2, 0.25) is 0 Å². The molecule has 1 N–H and O–H groups in total. The zero-order valence-electron chi connectivity index (χ0n) is 16.7. The van der Waals surface area contributed by atoms with Gasteiger partial charge in [0.25, 0.3) is 0 Å². The average Bonchev–Trinajstić information content (AvgIpc) is 2.75. The van der Waals surface area contributed by atoms with Gasteiger partial charge in [-0.2, -0.15) is 0 Å². The van der Waals surface area contributed by atoms with E-state index in [2.05, 4.69) is 14.9 Å². The summed E-state index contributed by atoms with van der Waals surface area (Å²) < 4.78 is 11.6. The Labute approximate surface area is 174 Å². The van der Waals surface area contributed by atoms with E-state index in [9.17, 15) is 9.90 Å². The first-order valence-corrected chi connectivity index (χ1v) is 9.83. The summed E-state index contributed by atoms with van der Waals surface area (Å²) in [6.45, 7) is 0.516. The number of aromatic nitrogens is 2. The minimum Gasteiger partial charge on any atom is -0.493 e. The second-order valence-corrected chi connectivity index (χ2v) is 7.19. The third-order valence-corrected chi connectivity index (χ3v) is 5.19. The Balaban J connectivity index is 1.71. The highest BCUT2D eigenvalue weighted by Gasteiger charge is 2.22. The van der Waals surface area contributed by atoms with Crippen molar-refractivity contribution >= 4 is 17.3 Å². The lowest BCUT2D eigenvalue weighted by molar-refractivity contribution is 0.0697. The van der Waals surface area contributed by atoms with Crippen LogP contribution >= 0.6 is 0 Å². The van der Waals surface area contributed by atoms with E-state index >= 15 is 0 Å². The predicted octanol–water partition coefficient (Wildman–Crippen LogP) is 4.45. The lowest BCUT2D eigenvalue weighted by atomic mass is 9.96. The molecule has 7 nitrogen and oxygen atoms in total. The summed E-state index contributed by atoms with van der Waals surface area (Å²) in [6, 6.07) is 12.6. The molecule has 0 spiro atoms. The second kappa shape index (κ2) is 8.82. The number of hydrogen-bond acceptors (Lipinski definition) is 6. The van der Waals surface area contributed by atoms with Crippen molar-refractivity contribution in [1.82, 2.24) is 9.97 Å². The van der Waals surface area contributed by atoms with Crippen molar-refractivity contribution in [2.75, 3.05) is 12.0 Å². The number of carbonyl (C=O) groups is 1. The third-order valence-electron chi connectivity index (χ3n) is 5.19. The molecule has 0 amide bonds. The molecule has 2 aromatic carbocycles. The van der Waals surface area contributed by atoms with Crippen LogP contribution in [-0.2, 0) is 6.54 Å². The first-order valence-electron chi connectivity index (χ1n) is 9.83. The van der Waals surface area contributed by atoms with Gasteiger partial charge in [-0.25, -0.2) is 14.8 Å². The molecule has 0 saturated heterocycles. The standard InChI is InChI=1S/C23H23N3O4/c1-29-21-10-9-19(11-22(21)30-20-3-2-4-20)26(14-16-12-24-15-25-13-16)18-7-5-17(6-8-18)23(27)28/h5-13,15,20H,2-4,14H2,1H3,(H,27,28). The number of nitrogens with zero attached hydrogens (tertiary/aromatic N) is 3. The van der Waals surface area contributed by atoms with Gasteiger partial charge in [-0.05, 0) is 55.7 Å². The molecule has 1 fully saturated rings. The molecule has 0 bridgehead atoms. The van der Waals surface area contributed by atoms with Gasteiger partial charge in [-0.1, -0.05) is 0 Å². The van der Waals surface area contributed by atoms with Crippen molar-refractivity contribution in [3.05, 3.63) is 72.3 Å². The maximum atomic E-state index is 11.2. The normalized spacial score (nSPS) is 13.4. The molecule has 0 unspecified atom stereocenters. The van der Waals surface area contributed by atoms with Crippen molar-refractivity contribution in [2.45, 2.75) is 31.9 Å². The summed E-state index contributed by atoms with van der Waals surface area (Å²) in [5.74, 6) is 0.441. The van der Waals surface area contributed by atoms with Crippen molar-refractivity contribution in [3.8, 4) is 11.5 Å². The van der Waals surface area contributed by atoms with Gasteiger partial charge in [0.15, 0.2) is 11.5 Å². The van der Waals surface area contributed by atoms with Crippen molar-refractivity contribution in [1.29, 1.82) is 0 Å². The average molecular weight is 405 g/mol. The highest BCUT2D eigenvalue weighted by atomic mass is 16.5. The Kier molecular flexibility index (Phi) is 5.79. The molecule has 0 radical (unpaired) electrons. The Morgan fingerprint density at radius 2 is 1.77 bits per heavy atom. The summed E-state index contributed by atoms with van der Waals surface area (Å²) in [5.41, 5.74) is 2.92. The van der Waals surface area contributed by atoms with Gasteiger partial charge in [0.05, 0.1) is 25.3 Å². The Morgan fingerprint density at radius 1 is 1.07 bits per heavy atom. The number of methoxy groups -OCH3 is 1. The maximum absolute atomic E-state index is 11.2. The van der Waals surface area contributed by atoms with E-state index in [-0.39, 0.29) is 11.7 Å². The van der Waals surface area contributed by atoms with Crippen molar-refractivity contribution in [3.63, 3.8) is 0 Å². The van der Waals surface area contributed by atoms with Crippen LogP contribution < -0.4 is 14.4 Å². The molecule has 154 valence electrons. The summed E-state index contributed by atoms with van der Waals surface area (Å²) in [7, 11) is 1.63. The monoisotopic (exact) mass is 405 g/mol. The van der Waals surface area contributed by atoms with E-state index in [0.717, 1.165) is 29.8 Å². The molecule has 0 atom stereocenters. The fourth-order valence-electron chi connectivity index (χ4n) is 3.30. The molecule has 1 saturated carbocycles. The van der Waals surface area contributed by atoms with E-state index < -0.39 is 5.97 Å². The zero-order chi connectivity index (χ0) is 20.9. The summed E-state index contributed by atoms with van der Waals surface area (Å²) in [6.07, 6.45) is 8.53. The van der Waals surface area contributed by atoms with Gasteiger partial charge in [0, 0.05) is 35.4 Å². The molecule has 30 heavy (non-hydrogen) atoms. The van der Waals surface area contributed by atoms with Gasteiger partial charge in [0.1, 0.15) is 6.33 Å². The number of rotatable bonds is 8. The smallest absolute Gasteiger partial charge is 0.335 e. The zero-order valence-corrected chi connectivity index (χ0v) is 16.7. The maximum Gasteiger partial charge on any atom is 0.335 e. The molecular weight excluding hydrogens is 382 g/mol. The molecular formula is C23H23N3O4. The minimum atomic E-state index is -0.954. The molecule has 7 heteroatoms. The molecule has 1 aliphatic rings. The van der Waals surface area contributed by atoms with E-state index in [1.54, 1.807) is 43.8 Å². The molecule has 3 aromatic rings. The lowest BCUT2D eigenvalue weighted by Crippen LogP contribution is -2.25. The van der Waals surface area contributed by atoms with Crippen molar-refractivity contribution in [2.24, 2.45) is 0 Å². The number of anilines is 2. The molecule has 0 aliphatic heterocycles. The fourth-order valence-corrected chi connectivity index (χ4v) is 3.30. The highest BCUT2D eigenvalue weighted by molar-refractivity contribution is 5.88. The Morgan fingerprint density at radius 3 is 2.37 bits per heavy atom. The Hall–Kier alpha value is -3.61. The molecule has 4 rings (SSSR count). The van der Waals surface area contributed by atoms with Crippen LogP contribution in [0, 0.1) is 0 Å². The summed E-state index contributed by atoms with van der Waals surface area (Å²) >= 11 is 0. The van der Waals surface area contributed by atoms with Crippen molar-refractivity contribution < 1.29 is 19.4 Å². The highest BCUT2D eigenvalue weighted by Crippen LogP contribution is 2.38. The van der Waals surface area contributed by atoms with E-state index in [0.29, 0.717) is 18.0 Å². The van der Waals surface area contributed by atoms with Crippen LogP contribution in [0.15, 0.2) is 61.2 Å². The van der Waals surface area contributed by atoms with Crippen LogP contribution in [-0.4, -0.2) is 34.3 Å². The number of hydrogen-bond donors (Lipinski definition) is 1. The number of benzene rings is 2. The second-order valence-electron chi connectivity index (χ2n) is 7.19. The van der Waals surface area contributed by atoms with Gasteiger partial charge in [-0.3, -0.25) is 0 Å². The predicted molar refractivity (Wildman–Crippen MR) is 113 cm³/mol. The van der Waals surface area contributed by atoms with Crippen LogP contribution in [0.3, 0.4) is 0 Å². The topological polar surface area (TPSA) is 84.8 Å². The SMILES string of the molecule is COc1ccc(N(Cc2cncnc2)c2ccc(C(=O)O)cc2)cc1OC1CCC1. The quantitative estimate of drug-likeness (QED) is 0.592. The first kappa shape index (κ1) is 19.7. The number of ether oxygens (including phenoxy) is 2.